The molecule has 1 aromatic carbocycles. The second kappa shape index (κ2) is 5.23. The van der Waals surface area contributed by atoms with Gasteiger partial charge in [0.05, 0.1) is 21.3 Å². The third-order valence-corrected chi connectivity index (χ3v) is 4.32. The van der Waals surface area contributed by atoms with Crippen LogP contribution in [0.5, 0.6) is 0 Å². The fourth-order valence-corrected chi connectivity index (χ4v) is 3.07. The third-order valence-electron chi connectivity index (χ3n) is 3.05. The Labute approximate surface area is 124 Å². The number of rotatable bonds is 3. The second-order valence-electron chi connectivity index (χ2n) is 4.34. The van der Waals surface area contributed by atoms with Gasteiger partial charge >= 0.3 is 0 Å². The Morgan fingerprint density at radius 2 is 1.90 bits per heavy atom. The highest BCUT2D eigenvalue weighted by molar-refractivity contribution is 7.18. The lowest BCUT2D eigenvalue weighted by atomic mass is 10.2. The summed E-state index contributed by atoms with van der Waals surface area (Å²) in [7, 11) is 0. The summed E-state index contributed by atoms with van der Waals surface area (Å²) in [6.07, 6.45) is 0. The fourth-order valence-electron chi connectivity index (χ4n) is 2.09. The lowest BCUT2D eigenvalue weighted by molar-refractivity contribution is 0.0976. The van der Waals surface area contributed by atoms with Gasteiger partial charge in [0.2, 0.25) is 0 Å². The Hall–Kier alpha value is -1.91. The summed E-state index contributed by atoms with van der Waals surface area (Å²) >= 11 is 7.06. The van der Waals surface area contributed by atoms with Gasteiger partial charge in [0.15, 0.2) is 5.78 Å². The topological polar surface area (TPSA) is 39.1 Å². The van der Waals surface area contributed by atoms with Crippen LogP contribution in [0.25, 0.3) is 10.9 Å². The summed E-state index contributed by atoms with van der Waals surface area (Å²) in [5, 5.41) is 0.934. The number of pyridine rings is 1. The van der Waals surface area contributed by atoms with Crippen LogP contribution in [0.4, 0.5) is 0 Å². The zero-order valence-electron chi connectivity index (χ0n) is 10.4. The number of benzene rings is 1. The van der Waals surface area contributed by atoms with Crippen LogP contribution >= 0.6 is 22.9 Å². The van der Waals surface area contributed by atoms with Gasteiger partial charge in [-0.2, -0.15) is 0 Å². The molecular formula is C15H10ClNO2S. The molecule has 2 aromatic heterocycles. The Balaban J connectivity index is 2.04. The molecule has 0 amide bonds. The average molecular weight is 304 g/mol. The number of hydrogen-bond acceptors (Lipinski definition) is 3. The molecule has 0 spiro atoms. The number of para-hydroxylation sites is 1. The lowest BCUT2D eigenvalue weighted by Crippen LogP contribution is -2.23. The number of carbonyl (C=O) groups is 1. The zero-order valence-corrected chi connectivity index (χ0v) is 11.9. The maximum atomic E-state index is 12.2. The summed E-state index contributed by atoms with van der Waals surface area (Å²) in [6.45, 7) is 0.0248. The van der Waals surface area contributed by atoms with Gasteiger partial charge in [-0.3, -0.25) is 9.59 Å². The van der Waals surface area contributed by atoms with Crippen molar-refractivity contribution in [1.82, 2.24) is 4.57 Å². The van der Waals surface area contributed by atoms with E-state index in [2.05, 4.69) is 0 Å². The van der Waals surface area contributed by atoms with Crippen LogP contribution in [0.15, 0.2) is 53.3 Å². The van der Waals surface area contributed by atoms with E-state index in [0.717, 1.165) is 10.9 Å². The van der Waals surface area contributed by atoms with Crippen molar-refractivity contribution in [2.24, 2.45) is 0 Å². The minimum absolute atomic E-state index is 0.0248. The molecule has 0 N–H and O–H groups in total. The van der Waals surface area contributed by atoms with Crippen molar-refractivity contribution >= 4 is 39.6 Å². The van der Waals surface area contributed by atoms with Crippen LogP contribution in [-0.2, 0) is 6.54 Å². The van der Waals surface area contributed by atoms with E-state index in [9.17, 15) is 9.59 Å². The van der Waals surface area contributed by atoms with E-state index in [4.69, 9.17) is 11.6 Å². The van der Waals surface area contributed by atoms with Crippen molar-refractivity contribution in [2.45, 2.75) is 6.54 Å². The summed E-state index contributed by atoms with van der Waals surface area (Å²) in [5.41, 5.74) is 0.579. The standard InChI is InChI=1S/C15H10ClNO2S/c16-14-7-6-13(20-14)12(18)9-17-11-4-2-1-3-10(11)5-8-15(17)19/h1-8H,9H2. The maximum absolute atomic E-state index is 12.2. The fraction of sp³-hybridized carbons (Fsp3) is 0.0667. The molecule has 0 aliphatic carbocycles. The number of thiophene rings is 1. The lowest BCUT2D eigenvalue weighted by Gasteiger charge is -2.08. The number of nitrogens with zero attached hydrogens (tertiary/aromatic N) is 1. The highest BCUT2D eigenvalue weighted by Gasteiger charge is 2.12. The van der Waals surface area contributed by atoms with Crippen LogP contribution < -0.4 is 5.56 Å². The summed E-state index contributed by atoms with van der Waals surface area (Å²) in [5.74, 6) is -0.111. The summed E-state index contributed by atoms with van der Waals surface area (Å²) in [6, 6.07) is 14.1. The smallest absolute Gasteiger partial charge is 0.251 e. The van der Waals surface area contributed by atoms with Gasteiger partial charge in [-0.25, -0.2) is 0 Å². The van der Waals surface area contributed by atoms with Gasteiger partial charge in [-0.05, 0) is 29.7 Å². The molecule has 3 rings (SSSR count). The zero-order chi connectivity index (χ0) is 14.1. The quantitative estimate of drug-likeness (QED) is 0.694. The molecule has 0 aliphatic rings. The van der Waals surface area contributed by atoms with Crippen molar-refractivity contribution in [3.05, 3.63) is 68.1 Å². The molecule has 0 aliphatic heterocycles. The highest BCUT2D eigenvalue weighted by Crippen LogP contribution is 2.22. The van der Waals surface area contributed by atoms with Crippen molar-refractivity contribution in [3.8, 4) is 0 Å². The van der Waals surface area contributed by atoms with Crippen molar-refractivity contribution < 1.29 is 4.79 Å². The summed E-state index contributed by atoms with van der Waals surface area (Å²) in [4.78, 5) is 24.8. The van der Waals surface area contributed by atoms with E-state index in [1.165, 1.54) is 22.0 Å². The Kier molecular flexibility index (Phi) is 3.42. The van der Waals surface area contributed by atoms with Gasteiger partial charge in [0.25, 0.3) is 5.56 Å². The van der Waals surface area contributed by atoms with Gasteiger partial charge in [-0.15, -0.1) is 11.3 Å². The number of aromatic nitrogens is 1. The highest BCUT2D eigenvalue weighted by atomic mass is 35.5. The van der Waals surface area contributed by atoms with Gasteiger partial charge < -0.3 is 4.57 Å². The van der Waals surface area contributed by atoms with E-state index in [1.807, 2.05) is 24.3 Å². The van der Waals surface area contributed by atoms with Crippen LogP contribution in [0.2, 0.25) is 4.34 Å². The van der Waals surface area contributed by atoms with Crippen LogP contribution in [0.3, 0.4) is 0 Å². The Morgan fingerprint density at radius 3 is 2.65 bits per heavy atom. The predicted octanol–water partition coefficient (Wildman–Crippen LogP) is 3.60. The maximum Gasteiger partial charge on any atom is 0.251 e. The molecule has 0 radical (unpaired) electrons. The van der Waals surface area contributed by atoms with Gasteiger partial charge in [0.1, 0.15) is 0 Å². The van der Waals surface area contributed by atoms with E-state index in [1.54, 1.807) is 18.2 Å². The molecule has 0 fully saturated rings. The van der Waals surface area contributed by atoms with Crippen LogP contribution in [0, 0.1) is 0 Å². The van der Waals surface area contributed by atoms with Crippen LogP contribution in [0.1, 0.15) is 9.67 Å². The second-order valence-corrected chi connectivity index (χ2v) is 6.06. The van der Waals surface area contributed by atoms with E-state index < -0.39 is 0 Å². The molecule has 0 unspecified atom stereocenters. The normalized spacial score (nSPS) is 10.8. The largest absolute Gasteiger partial charge is 0.300 e. The summed E-state index contributed by atoms with van der Waals surface area (Å²) < 4.78 is 2.06. The van der Waals surface area contributed by atoms with E-state index in [0.29, 0.717) is 9.21 Å². The number of fused-ring (bicyclic) bond motifs is 1. The molecule has 3 aromatic rings. The molecule has 0 atom stereocenters. The van der Waals surface area contributed by atoms with Gasteiger partial charge in [0, 0.05) is 6.07 Å². The van der Waals surface area contributed by atoms with Crippen LogP contribution in [-0.4, -0.2) is 10.4 Å². The van der Waals surface area contributed by atoms with Crippen molar-refractivity contribution in [2.75, 3.05) is 0 Å². The third kappa shape index (κ3) is 2.40. The minimum atomic E-state index is -0.181. The molecule has 0 bridgehead atoms. The van der Waals surface area contributed by atoms with Crippen molar-refractivity contribution in [1.29, 1.82) is 0 Å². The molecule has 20 heavy (non-hydrogen) atoms. The number of Topliss-reactive ketones (excluding diaryl/α,β-unsaturated/α-hetero) is 1. The first kappa shape index (κ1) is 13.1. The molecule has 3 nitrogen and oxygen atoms in total. The van der Waals surface area contributed by atoms with Gasteiger partial charge in [-0.1, -0.05) is 29.8 Å². The Bertz CT molecular complexity index is 850. The van der Waals surface area contributed by atoms with E-state index in [-0.39, 0.29) is 17.9 Å². The average Bonchev–Trinajstić information content (AvgIpc) is 2.89. The number of carbonyl (C=O) groups excluding carboxylic acids is 1. The number of hydrogen-bond donors (Lipinski definition) is 0. The van der Waals surface area contributed by atoms with Crippen molar-refractivity contribution in [3.63, 3.8) is 0 Å². The monoisotopic (exact) mass is 303 g/mol. The SMILES string of the molecule is O=C(Cn1c(=O)ccc2ccccc21)c1ccc(Cl)s1. The first-order valence-electron chi connectivity index (χ1n) is 6.02. The molecule has 0 saturated carbocycles. The minimum Gasteiger partial charge on any atom is -0.300 e. The predicted molar refractivity (Wildman–Crippen MR) is 81.9 cm³/mol. The molecule has 0 saturated heterocycles. The molecule has 2 heterocycles. The first-order valence-corrected chi connectivity index (χ1v) is 7.22. The molecule has 100 valence electrons. The molecule has 5 heteroatoms. The van der Waals surface area contributed by atoms with E-state index >= 15 is 0 Å². The Morgan fingerprint density at radius 1 is 1.10 bits per heavy atom. The first-order chi connectivity index (χ1) is 9.65. The number of halogens is 1. The molecular weight excluding hydrogens is 294 g/mol. The number of ketones is 1.